The summed E-state index contributed by atoms with van der Waals surface area (Å²) >= 11 is 6.05. The van der Waals surface area contributed by atoms with Gasteiger partial charge in [0, 0.05) is 18.9 Å². The van der Waals surface area contributed by atoms with Crippen molar-refractivity contribution in [1.29, 1.82) is 5.26 Å². The summed E-state index contributed by atoms with van der Waals surface area (Å²) in [4.78, 5) is 26.1. The molecule has 0 spiro atoms. The van der Waals surface area contributed by atoms with Crippen LogP contribution in [0, 0.1) is 11.3 Å². The molecule has 0 saturated carbocycles. The van der Waals surface area contributed by atoms with Crippen molar-refractivity contribution in [3.05, 3.63) is 51.6 Å². The Morgan fingerprint density at radius 3 is 2.93 bits per heavy atom. The Hall–Kier alpha value is -3.52. The van der Waals surface area contributed by atoms with E-state index in [2.05, 4.69) is 26.1 Å². The molecule has 1 fully saturated rings. The first-order valence-corrected chi connectivity index (χ1v) is 9.42. The lowest BCUT2D eigenvalue weighted by Gasteiger charge is -2.42. The molecule has 30 heavy (non-hydrogen) atoms. The van der Waals surface area contributed by atoms with E-state index in [1.807, 2.05) is 4.90 Å². The molecule has 1 N–H and O–H groups in total. The van der Waals surface area contributed by atoms with Crippen molar-refractivity contribution in [2.75, 3.05) is 11.4 Å². The van der Waals surface area contributed by atoms with E-state index in [1.165, 1.54) is 29.3 Å². The average molecular weight is 431 g/mol. The Morgan fingerprint density at radius 1 is 1.40 bits per heavy atom. The van der Waals surface area contributed by atoms with Gasteiger partial charge >= 0.3 is 0 Å². The summed E-state index contributed by atoms with van der Waals surface area (Å²) in [6, 6.07) is 3.12. The third-order valence-corrected chi connectivity index (χ3v) is 5.54. The molecule has 0 radical (unpaired) electrons. The molecule has 12 heteroatoms. The highest BCUT2D eigenvalue weighted by atomic mass is 35.5. The van der Waals surface area contributed by atoms with Crippen LogP contribution in [0.1, 0.15) is 23.9 Å². The first-order chi connectivity index (χ1) is 14.5. The lowest BCUT2D eigenvalue weighted by atomic mass is 10.0. The molecule has 0 bridgehead atoms. The number of aromatic nitrogens is 6. The number of nitriles is 1. The minimum Gasteiger partial charge on any atom is -0.345 e. The topological polar surface area (TPSA) is 108 Å². The predicted molar refractivity (Wildman–Crippen MR) is 104 cm³/mol. The first-order valence-electron chi connectivity index (χ1n) is 9.04. The number of H-pyrrole nitrogens is 1. The van der Waals surface area contributed by atoms with Crippen molar-refractivity contribution in [1.82, 2.24) is 29.1 Å². The van der Waals surface area contributed by atoms with Gasteiger partial charge in [0.15, 0.2) is 5.82 Å². The van der Waals surface area contributed by atoms with Crippen LogP contribution in [-0.4, -0.2) is 42.1 Å². The van der Waals surface area contributed by atoms with Crippen LogP contribution in [0.3, 0.4) is 0 Å². The lowest BCUT2D eigenvalue weighted by Crippen LogP contribution is -2.46. The maximum atomic E-state index is 13.3. The second kappa shape index (κ2) is 6.77. The summed E-state index contributed by atoms with van der Waals surface area (Å²) in [5, 5.41) is 14.5. The van der Waals surface area contributed by atoms with E-state index in [0.717, 1.165) is 4.57 Å². The van der Waals surface area contributed by atoms with Gasteiger partial charge in [-0.05, 0) is 12.5 Å². The summed E-state index contributed by atoms with van der Waals surface area (Å²) in [7, 11) is 0. The summed E-state index contributed by atoms with van der Waals surface area (Å²) < 4.78 is 28.8. The quantitative estimate of drug-likeness (QED) is 0.533. The standard InChI is InChI=1S/C18H13ClF2N8O/c19-10-1-4-29-14(10)18(30)28(7-12(20)21)16(26-29)11-2-3-27(11)17-13-9(5-22)6-23-15(13)24-8-25-17/h1,4,6,8,11-12H,2-3,7H2,(H,23,24,25)/t11-/m0/s1. The molecular formula is C18H13ClF2N8O. The van der Waals surface area contributed by atoms with E-state index in [0.29, 0.717) is 35.4 Å². The third kappa shape index (κ3) is 2.64. The molecule has 0 aliphatic carbocycles. The molecule has 1 aliphatic heterocycles. The van der Waals surface area contributed by atoms with Gasteiger partial charge < -0.3 is 9.88 Å². The van der Waals surface area contributed by atoms with E-state index in [-0.39, 0.29) is 16.4 Å². The molecule has 5 heterocycles. The predicted octanol–water partition coefficient (Wildman–Crippen LogP) is 2.51. The summed E-state index contributed by atoms with van der Waals surface area (Å²) in [5.41, 5.74) is 0.285. The molecule has 0 aromatic carbocycles. The van der Waals surface area contributed by atoms with Crippen LogP contribution in [0.25, 0.3) is 16.6 Å². The van der Waals surface area contributed by atoms with Crippen LogP contribution in [0.4, 0.5) is 14.6 Å². The average Bonchev–Trinajstić information content (AvgIpc) is 3.28. The van der Waals surface area contributed by atoms with Gasteiger partial charge in [0.1, 0.15) is 29.4 Å². The molecule has 1 atom stereocenters. The lowest BCUT2D eigenvalue weighted by molar-refractivity contribution is 0.122. The molecule has 9 nitrogen and oxygen atoms in total. The Balaban J connectivity index is 1.68. The van der Waals surface area contributed by atoms with Crippen LogP contribution in [0.2, 0.25) is 5.02 Å². The normalized spacial score (nSPS) is 16.4. The molecule has 152 valence electrons. The summed E-state index contributed by atoms with van der Waals surface area (Å²) in [6.07, 6.45) is 2.25. The maximum absolute atomic E-state index is 13.3. The molecule has 0 unspecified atom stereocenters. The molecular weight excluding hydrogens is 418 g/mol. The zero-order valence-corrected chi connectivity index (χ0v) is 16.0. The number of alkyl halides is 2. The Bertz CT molecular complexity index is 1380. The van der Waals surface area contributed by atoms with E-state index in [4.69, 9.17) is 11.6 Å². The number of rotatable bonds is 4. The summed E-state index contributed by atoms with van der Waals surface area (Å²) in [5.74, 6) is 0.671. The fraction of sp³-hybridized carbons (Fsp3) is 0.278. The van der Waals surface area contributed by atoms with Gasteiger partial charge in [-0.15, -0.1) is 0 Å². The minimum absolute atomic E-state index is 0.0498. The van der Waals surface area contributed by atoms with Crippen molar-refractivity contribution < 1.29 is 8.78 Å². The number of nitrogens with one attached hydrogen (secondary N) is 1. The van der Waals surface area contributed by atoms with E-state index in [1.54, 1.807) is 0 Å². The molecule has 4 aromatic heterocycles. The zero-order chi connectivity index (χ0) is 21.0. The van der Waals surface area contributed by atoms with Gasteiger partial charge in [0.05, 0.1) is 28.6 Å². The van der Waals surface area contributed by atoms with E-state index >= 15 is 0 Å². The maximum Gasteiger partial charge on any atom is 0.279 e. The Morgan fingerprint density at radius 2 is 2.23 bits per heavy atom. The van der Waals surface area contributed by atoms with Crippen molar-refractivity contribution >= 4 is 34.0 Å². The number of hydrogen-bond donors (Lipinski definition) is 1. The van der Waals surface area contributed by atoms with Gasteiger partial charge in [-0.1, -0.05) is 11.6 Å². The SMILES string of the molecule is N#Cc1c[nH]c2ncnc(N3CC[C@H]3c3nn4ccc(Cl)c4c(=O)n3CC(F)F)c12. The summed E-state index contributed by atoms with van der Waals surface area (Å²) in [6.45, 7) is -0.238. The highest BCUT2D eigenvalue weighted by Crippen LogP contribution is 2.39. The molecule has 4 aromatic rings. The van der Waals surface area contributed by atoms with Crippen molar-refractivity contribution in [3.8, 4) is 6.07 Å². The van der Waals surface area contributed by atoms with Crippen molar-refractivity contribution in [2.45, 2.75) is 25.4 Å². The molecule has 0 amide bonds. The van der Waals surface area contributed by atoms with Gasteiger partial charge in [-0.3, -0.25) is 9.36 Å². The highest BCUT2D eigenvalue weighted by Gasteiger charge is 2.37. The fourth-order valence-corrected chi connectivity index (χ4v) is 4.03. The Kier molecular flexibility index (Phi) is 4.18. The second-order valence-corrected chi connectivity index (χ2v) is 7.26. The highest BCUT2D eigenvalue weighted by molar-refractivity contribution is 6.33. The monoisotopic (exact) mass is 430 g/mol. The first kappa shape index (κ1) is 18.5. The van der Waals surface area contributed by atoms with Crippen LogP contribution in [0.15, 0.2) is 29.6 Å². The number of aromatic amines is 1. The zero-order valence-electron chi connectivity index (χ0n) is 15.3. The van der Waals surface area contributed by atoms with Crippen LogP contribution >= 0.6 is 11.6 Å². The molecule has 1 aliphatic rings. The minimum atomic E-state index is -2.74. The van der Waals surface area contributed by atoms with Gasteiger partial charge in [-0.2, -0.15) is 10.4 Å². The van der Waals surface area contributed by atoms with Gasteiger partial charge in [0.2, 0.25) is 0 Å². The number of halogens is 3. The second-order valence-electron chi connectivity index (χ2n) is 6.85. The number of hydrogen-bond acceptors (Lipinski definition) is 6. The largest absolute Gasteiger partial charge is 0.345 e. The molecule has 1 saturated heterocycles. The van der Waals surface area contributed by atoms with Gasteiger partial charge in [-0.25, -0.2) is 23.3 Å². The Labute approximate surface area is 172 Å². The number of anilines is 1. The van der Waals surface area contributed by atoms with E-state index < -0.39 is 24.6 Å². The smallest absolute Gasteiger partial charge is 0.279 e. The van der Waals surface area contributed by atoms with Crippen LogP contribution in [0.5, 0.6) is 0 Å². The van der Waals surface area contributed by atoms with Crippen LogP contribution in [-0.2, 0) is 6.54 Å². The third-order valence-electron chi connectivity index (χ3n) is 5.23. The van der Waals surface area contributed by atoms with Crippen LogP contribution < -0.4 is 10.5 Å². The molecule has 5 rings (SSSR count). The van der Waals surface area contributed by atoms with E-state index in [9.17, 15) is 18.8 Å². The number of fused-ring (bicyclic) bond motifs is 2. The van der Waals surface area contributed by atoms with Crippen molar-refractivity contribution in [2.24, 2.45) is 0 Å². The number of nitrogens with zero attached hydrogens (tertiary/aromatic N) is 7. The fourth-order valence-electron chi connectivity index (χ4n) is 3.80. The van der Waals surface area contributed by atoms with Gasteiger partial charge in [0.25, 0.3) is 12.0 Å². The van der Waals surface area contributed by atoms with Crippen molar-refractivity contribution in [3.63, 3.8) is 0 Å².